The van der Waals surface area contributed by atoms with Crippen LogP contribution < -0.4 is 16.0 Å². The third kappa shape index (κ3) is 6.15. The lowest BCUT2D eigenvalue weighted by molar-refractivity contribution is -0.140. The van der Waals surface area contributed by atoms with Crippen LogP contribution in [0.3, 0.4) is 0 Å². The molecule has 0 saturated carbocycles. The van der Waals surface area contributed by atoms with Gasteiger partial charge in [-0.25, -0.2) is 4.39 Å². The second-order valence-electron chi connectivity index (χ2n) is 11.3. The predicted octanol–water partition coefficient (Wildman–Crippen LogP) is 2.04. The number of nitrogens with zero attached hydrogens (tertiary/aromatic N) is 5. The van der Waals surface area contributed by atoms with Crippen LogP contribution >= 0.6 is 0 Å². The Morgan fingerprint density at radius 3 is 2.47 bits per heavy atom. The van der Waals surface area contributed by atoms with Gasteiger partial charge in [-0.1, -0.05) is 32.9 Å². The molecule has 4 rings (SSSR count). The number of nitrogens with two attached hydrogens (primary N) is 1. The molecule has 2 saturated heterocycles. The first-order valence-corrected chi connectivity index (χ1v) is 13.1. The van der Waals surface area contributed by atoms with Crippen LogP contribution in [0.2, 0.25) is 0 Å². The van der Waals surface area contributed by atoms with Gasteiger partial charge in [-0.15, -0.1) is 10.2 Å². The van der Waals surface area contributed by atoms with E-state index in [2.05, 4.69) is 20.4 Å². The number of benzene rings is 1. The maximum absolute atomic E-state index is 13.9. The molecule has 3 atom stereocenters. The minimum atomic E-state index is -1.03. The number of carbonyl (C=O) groups is 2. The third-order valence-corrected chi connectivity index (χ3v) is 7.29. The molecule has 10 nitrogen and oxygen atoms in total. The average molecular weight is 528 g/mol. The van der Waals surface area contributed by atoms with Crippen molar-refractivity contribution in [3.63, 3.8) is 0 Å². The molecule has 0 radical (unpaired) electrons. The molecule has 11 heteroatoms. The molecule has 206 valence electrons. The van der Waals surface area contributed by atoms with Gasteiger partial charge in [-0.2, -0.15) is 0 Å². The van der Waals surface area contributed by atoms with Crippen LogP contribution in [-0.4, -0.2) is 94.4 Å². The highest BCUT2D eigenvalue weighted by Crippen LogP contribution is 2.32. The van der Waals surface area contributed by atoms with Crippen LogP contribution in [0, 0.1) is 5.41 Å². The largest absolute Gasteiger partial charge is 0.507 e. The topological polar surface area (TPSA) is 128 Å². The molecule has 2 amide bonds. The van der Waals surface area contributed by atoms with Gasteiger partial charge in [0, 0.05) is 44.2 Å². The van der Waals surface area contributed by atoms with Crippen molar-refractivity contribution < 1.29 is 19.1 Å². The van der Waals surface area contributed by atoms with Crippen molar-refractivity contribution >= 4 is 23.3 Å². The summed E-state index contributed by atoms with van der Waals surface area (Å²) >= 11 is 0. The van der Waals surface area contributed by atoms with Crippen molar-refractivity contribution in [2.75, 3.05) is 49.9 Å². The highest BCUT2D eigenvalue weighted by Gasteiger charge is 2.41. The van der Waals surface area contributed by atoms with E-state index in [9.17, 15) is 19.1 Å². The van der Waals surface area contributed by atoms with Gasteiger partial charge in [0.15, 0.2) is 5.82 Å². The molecular weight excluding hydrogens is 489 g/mol. The standard InChI is InChI=1S/C27H38FN7O3/c1-17-13-18(28)15-35(17)26(38)24(27(2,3)4)30-23(37)16-33-9-11-34(12-10-33)21-14-20(31-32-25(21)29)19-7-5-6-8-22(19)36/h5-8,14,17-18,24,36H,9-13,15-16H2,1-4H3,(H2,29,32)(H,30,37)/t17-,18-,24-/m1/s1. The minimum absolute atomic E-state index is 0.0724. The number of anilines is 2. The molecule has 0 unspecified atom stereocenters. The Kier molecular flexibility index (Phi) is 8.05. The molecule has 2 aliphatic rings. The minimum Gasteiger partial charge on any atom is -0.507 e. The number of hydrogen-bond donors (Lipinski definition) is 3. The van der Waals surface area contributed by atoms with Crippen molar-refractivity contribution in [3.05, 3.63) is 30.3 Å². The Hall–Kier alpha value is -3.47. The summed E-state index contributed by atoms with van der Waals surface area (Å²) in [6.07, 6.45) is -0.701. The zero-order chi connectivity index (χ0) is 27.6. The van der Waals surface area contributed by atoms with Gasteiger partial charge >= 0.3 is 0 Å². The number of hydrogen-bond acceptors (Lipinski definition) is 8. The molecule has 38 heavy (non-hydrogen) atoms. The molecular formula is C27H38FN7O3. The Labute approximate surface area is 223 Å². The zero-order valence-corrected chi connectivity index (χ0v) is 22.5. The number of rotatable bonds is 6. The van der Waals surface area contributed by atoms with Gasteiger partial charge in [-0.05, 0) is 30.5 Å². The molecule has 1 aromatic carbocycles. The van der Waals surface area contributed by atoms with E-state index in [1.54, 1.807) is 23.1 Å². The summed E-state index contributed by atoms with van der Waals surface area (Å²) < 4.78 is 13.9. The number of aromatic nitrogens is 2. The number of halogens is 1. The van der Waals surface area contributed by atoms with E-state index < -0.39 is 17.6 Å². The molecule has 4 N–H and O–H groups in total. The van der Waals surface area contributed by atoms with Crippen molar-refractivity contribution in [3.8, 4) is 17.0 Å². The number of carbonyl (C=O) groups excluding carboxylic acids is 2. The number of phenols is 1. The maximum atomic E-state index is 13.9. The first kappa shape index (κ1) is 27.6. The van der Waals surface area contributed by atoms with E-state index in [1.165, 1.54) is 0 Å². The summed E-state index contributed by atoms with van der Waals surface area (Å²) in [4.78, 5) is 31.9. The number of likely N-dealkylation sites (tertiary alicyclic amines) is 1. The highest BCUT2D eigenvalue weighted by molar-refractivity contribution is 5.89. The monoisotopic (exact) mass is 527 g/mol. The number of nitrogen functional groups attached to an aromatic ring is 1. The van der Waals surface area contributed by atoms with E-state index in [0.717, 1.165) is 5.69 Å². The second kappa shape index (κ2) is 11.1. The van der Waals surface area contributed by atoms with E-state index in [-0.39, 0.29) is 36.7 Å². The Balaban J connectivity index is 1.36. The van der Waals surface area contributed by atoms with E-state index in [0.29, 0.717) is 49.7 Å². The van der Waals surface area contributed by atoms with Crippen molar-refractivity contribution in [2.45, 2.75) is 52.4 Å². The first-order chi connectivity index (χ1) is 17.9. The van der Waals surface area contributed by atoms with E-state index >= 15 is 0 Å². The summed E-state index contributed by atoms with van der Waals surface area (Å²) in [5, 5.41) is 21.4. The van der Waals surface area contributed by atoms with Crippen molar-refractivity contribution in [1.82, 2.24) is 25.3 Å². The van der Waals surface area contributed by atoms with Crippen molar-refractivity contribution in [1.29, 1.82) is 0 Å². The zero-order valence-electron chi connectivity index (χ0n) is 22.5. The summed E-state index contributed by atoms with van der Waals surface area (Å²) in [5.74, 6) is -0.0517. The van der Waals surface area contributed by atoms with Crippen LogP contribution in [0.4, 0.5) is 15.9 Å². The SMILES string of the molecule is C[C@@H]1C[C@@H](F)CN1C(=O)[C@@H](NC(=O)CN1CCN(c2cc(-c3ccccc3O)nnc2N)CC1)C(C)(C)C. The van der Waals surface area contributed by atoms with Gasteiger partial charge < -0.3 is 26.0 Å². The van der Waals surface area contributed by atoms with Crippen LogP contribution in [0.15, 0.2) is 30.3 Å². The Morgan fingerprint density at radius 1 is 1.18 bits per heavy atom. The molecule has 0 bridgehead atoms. The van der Waals surface area contributed by atoms with Crippen LogP contribution in [0.25, 0.3) is 11.3 Å². The number of amides is 2. The van der Waals surface area contributed by atoms with Gasteiger partial charge in [0.25, 0.3) is 0 Å². The lowest BCUT2D eigenvalue weighted by Crippen LogP contribution is -2.57. The molecule has 3 heterocycles. The fourth-order valence-electron chi connectivity index (χ4n) is 5.11. The van der Waals surface area contributed by atoms with Crippen molar-refractivity contribution in [2.24, 2.45) is 5.41 Å². The maximum Gasteiger partial charge on any atom is 0.246 e. The normalized spacial score (nSPS) is 21.4. The quantitative estimate of drug-likeness (QED) is 0.521. The second-order valence-corrected chi connectivity index (χ2v) is 11.3. The first-order valence-electron chi connectivity index (χ1n) is 13.1. The number of aromatic hydroxyl groups is 1. The smallest absolute Gasteiger partial charge is 0.246 e. The van der Waals surface area contributed by atoms with Crippen LogP contribution in [0.5, 0.6) is 5.75 Å². The van der Waals surface area contributed by atoms with E-state index in [4.69, 9.17) is 5.73 Å². The third-order valence-electron chi connectivity index (χ3n) is 7.29. The number of phenolic OH excluding ortho intramolecular Hbond substituents is 1. The van der Waals surface area contributed by atoms with Gasteiger partial charge in [-0.3, -0.25) is 14.5 Å². The summed E-state index contributed by atoms with van der Waals surface area (Å²) in [6, 6.07) is 7.82. The fourth-order valence-corrected chi connectivity index (χ4v) is 5.11. The summed E-state index contributed by atoms with van der Waals surface area (Å²) in [7, 11) is 0. The number of nitrogens with one attached hydrogen (secondary N) is 1. The van der Waals surface area contributed by atoms with E-state index in [1.807, 2.05) is 44.7 Å². The number of piperazine rings is 1. The molecule has 2 fully saturated rings. The summed E-state index contributed by atoms with van der Waals surface area (Å²) in [6.45, 7) is 10.2. The van der Waals surface area contributed by atoms with Crippen LogP contribution in [-0.2, 0) is 9.59 Å². The Bertz CT molecular complexity index is 1160. The summed E-state index contributed by atoms with van der Waals surface area (Å²) in [5.41, 5.74) is 7.44. The molecule has 0 aliphatic carbocycles. The predicted molar refractivity (Wildman–Crippen MR) is 144 cm³/mol. The molecule has 2 aromatic rings. The van der Waals surface area contributed by atoms with Gasteiger partial charge in [0.2, 0.25) is 11.8 Å². The number of alkyl halides is 1. The van der Waals surface area contributed by atoms with Crippen LogP contribution in [0.1, 0.15) is 34.1 Å². The molecule has 1 aromatic heterocycles. The Morgan fingerprint density at radius 2 is 1.87 bits per heavy atom. The number of para-hydroxylation sites is 1. The lowest BCUT2D eigenvalue weighted by atomic mass is 9.85. The molecule has 0 spiro atoms. The highest BCUT2D eigenvalue weighted by atomic mass is 19.1. The molecule has 2 aliphatic heterocycles. The lowest BCUT2D eigenvalue weighted by Gasteiger charge is -2.37. The van der Waals surface area contributed by atoms with Gasteiger partial charge in [0.05, 0.1) is 24.5 Å². The fraction of sp³-hybridized carbons (Fsp3) is 0.556. The average Bonchev–Trinajstić information content (AvgIpc) is 3.20. The van der Waals surface area contributed by atoms with Gasteiger partial charge in [0.1, 0.15) is 18.0 Å².